The van der Waals surface area contributed by atoms with E-state index in [4.69, 9.17) is 4.42 Å². The van der Waals surface area contributed by atoms with Gasteiger partial charge in [-0.2, -0.15) is 0 Å². The van der Waals surface area contributed by atoms with Crippen LogP contribution in [0.4, 0.5) is 0 Å². The Hall–Kier alpha value is -1.49. The summed E-state index contributed by atoms with van der Waals surface area (Å²) < 4.78 is 4.97. The van der Waals surface area contributed by atoms with Crippen molar-refractivity contribution in [2.45, 2.75) is 0 Å². The third-order valence-corrected chi connectivity index (χ3v) is 1.10. The standard InChI is InChI=1S/C7H3NO/c1-2-7-6(8-4-1)3-5-9-7/h3-5H. The average Bonchev–Trinajstić information content (AvgIpc) is 2.33. The van der Waals surface area contributed by atoms with Crippen LogP contribution in [-0.2, 0) is 0 Å². The van der Waals surface area contributed by atoms with E-state index in [2.05, 4.69) is 17.1 Å². The molecule has 42 valence electrons. The molecule has 2 heterocycles. The lowest BCUT2D eigenvalue weighted by atomic mass is 10.5. The molecule has 0 aliphatic rings. The lowest BCUT2D eigenvalue weighted by Gasteiger charge is -1.74. The topological polar surface area (TPSA) is 26.0 Å². The number of nitrogens with zero attached hydrogens (tertiary/aromatic N) is 1. The SMILES string of the molecule is c1cnc2ccoc2c#1. The third-order valence-electron chi connectivity index (χ3n) is 1.10. The van der Waals surface area contributed by atoms with Crippen LogP contribution in [-0.4, -0.2) is 4.98 Å². The summed E-state index contributed by atoms with van der Waals surface area (Å²) in [5, 5.41) is 0. The number of furan rings is 1. The van der Waals surface area contributed by atoms with E-state index in [-0.39, 0.29) is 0 Å². The van der Waals surface area contributed by atoms with Gasteiger partial charge in [0.05, 0.1) is 12.5 Å². The van der Waals surface area contributed by atoms with Gasteiger partial charge in [0.25, 0.3) is 0 Å². The Kier molecular flexibility index (Phi) is 0.729. The molecule has 0 aliphatic carbocycles. The highest BCUT2D eigenvalue weighted by molar-refractivity contribution is 5.69. The first-order valence-corrected chi connectivity index (χ1v) is 2.58. The predicted molar refractivity (Wildman–Crippen MR) is 31.7 cm³/mol. The maximum absolute atomic E-state index is 4.97. The van der Waals surface area contributed by atoms with Gasteiger partial charge in [-0.1, -0.05) is 0 Å². The minimum Gasteiger partial charge on any atom is -0.454 e. The molecular weight excluding hydrogens is 114 g/mol. The molecule has 0 atom stereocenters. The van der Waals surface area contributed by atoms with Crippen molar-refractivity contribution >= 4 is 11.1 Å². The maximum atomic E-state index is 4.97. The normalized spacial score (nSPS) is 9.33. The first kappa shape index (κ1) is 4.39. The van der Waals surface area contributed by atoms with E-state index >= 15 is 0 Å². The van der Waals surface area contributed by atoms with Crippen LogP contribution in [0.25, 0.3) is 11.1 Å². The van der Waals surface area contributed by atoms with Crippen LogP contribution in [0.1, 0.15) is 0 Å². The molecule has 0 fully saturated rings. The van der Waals surface area contributed by atoms with Gasteiger partial charge < -0.3 is 4.42 Å². The fraction of sp³-hybridized carbons (Fsp3) is 0. The maximum Gasteiger partial charge on any atom is 0.202 e. The second-order valence-electron chi connectivity index (χ2n) is 1.66. The van der Waals surface area contributed by atoms with E-state index < -0.39 is 0 Å². The minimum absolute atomic E-state index is 0.664. The van der Waals surface area contributed by atoms with Gasteiger partial charge in [0.2, 0.25) is 5.58 Å². The molecule has 2 heteroatoms. The minimum atomic E-state index is 0.664. The van der Waals surface area contributed by atoms with Crippen molar-refractivity contribution in [3.8, 4) is 0 Å². The molecule has 0 saturated carbocycles. The molecule has 0 N–H and O–H groups in total. The van der Waals surface area contributed by atoms with Gasteiger partial charge in [-0.3, -0.25) is 0 Å². The Morgan fingerprint density at radius 1 is 1.56 bits per heavy atom. The summed E-state index contributed by atoms with van der Waals surface area (Å²) in [5.41, 5.74) is 1.49. The van der Waals surface area contributed by atoms with E-state index in [1.807, 2.05) is 0 Å². The van der Waals surface area contributed by atoms with Crippen molar-refractivity contribution < 1.29 is 4.42 Å². The summed E-state index contributed by atoms with van der Waals surface area (Å²) in [4.78, 5) is 3.96. The Morgan fingerprint density at radius 3 is 3.44 bits per heavy atom. The van der Waals surface area contributed by atoms with Crippen LogP contribution < -0.4 is 0 Å². The fourth-order valence-corrected chi connectivity index (χ4v) is 0.697. The van der Waals surface area contributed by atoms with E-state index in [1.165, 1.54) is 0 Å². The second kappa shape index (κ2) is 1.49. The van der Waals surface area contributed by atoms with E-state index in [1.54, 1.807) is 18.5 Å². The molecular formula is C7H3NO. The lowest BCUT2D eigenvalue weighted by Crippen LogP contribution is -1.64. The zero-order valence-electron chi connectivity index (χ0n) is 4.59. The quantitative estimate of drug-likeness (QED) is 0.521. The Bertz CT molecular complexity index is 283. The summed E-state index contributed by atoms with van der Waals surface area (Å²) in [7, 11) is 0. The summed E-state index contributed by atoms with van der Waals surface area (Å²) >= 11 is 0. The van der Waals surface area contributed by atoms with Gasteiger partial charge in [0, 0.05) is 6.07 Å². The van der Waals surface area contributed by atoms with Gasteiger partial charge in [-0.05, 0) is 12.1 Å². The highest BCUT2D eigenvalue weighted by atomic mass is 16.3. The molecule has 9 heavy (non-hydrogen) atoms. The number of rotatable bonds is 0. The zero-order chi connectivity index (χ0) is 6.10. The van der Waals surface area contributed by atoms with Crippen LogP contribution in [0.2, 0.25) is 0 Å². The van der Waals surface area contributed by atoms with E-state index in [9.17, 15) is 0 Å². The third kappa shape index (κ3) is 0.550. The lowest BCUT2D eigenvalue weighted by molar-refractivity contribution is 0.615. The molecule has 0 radical (unpaired) electrons. The van der Waals surface area contributed by atoms with Crippen molar-refractivity contribution in [2.75, 3.05) is 0 Å². The van der Waals surface area contributed by atoms with Crippen molar-refractivity contribution in [3.05, 3.63) is 30.7 Å². The van der Waals surface area contributed by atoms with Crippen molar-refractivity contribution in [1.29, 1.82) is 0 Å². The summed E-state index contributed by atoms with van der Waals surface area (Å²) in [6.45, 7) is 0. The summed E-state index contributed by atoms with van der Waals surface area (Å²) in [6, 6.07) is 7.26. The Balaban J connectivity index is 2.95. The van der Waals surface area contributed by atoms with Gasteiger partial charge in [-0.25, -0.2) is 4.98 Å². The molecule has 2 rings (SSSR count). The molecule has 2 aromatic heterocycles. The van der Waals surface area contributed by atoms with E-state index in [0.29, 0.717) is 5.58 Å². The van der Waals surface area contributed by atoms with Crippen molar-refractivity contribution in [1.82, 2.24) is 4.98 Å². The van der Waals surface area contributed by atoms with Crippen LogP contribution in [0.5, 0.6) is 0 Å². The van der Waals surface area contributed by atoms with Crippen molar-refractivity contribution in [2.24, 2.45) is 0 Å². The van der Waals surface area contributed by atoms with Gasteiger partial charge in [0.15, 0.2) is 0 Å². The second-order valence-corrected chi connectivity index (χ2v) is 1.66. The van der Waals surface area contributed by atoms with Crippen molar-refractivity contribution in [3.63, 3.8) is 0 Å². The number of fused-ring (bicyclic) bond motifs is 1. The molecule has 0 aliphatic heterocycles. The highest BCUT2D eigenvalue weighted by Crippen LogP contribution is 2.06. The molecule has 0 spiro atoms. The largest absolute Gasteiger partial charge is 0.454 e. The first-order valence-electron chi connectivity index (χ1n) is 2.58. The molecule has 0 aromatic carbocycles. The molecule has 0 saturated heterocycles. The zero-order valence-corrected chi connectivity index (χ0v) is 4.59. The van der Waals surface area contributed by atoms with Crippen LogP contribution in [0, 0.1) is 12.1 Å². The molecule has 2 nitrogen and oxygen atoms in total. The fourth-order valence-electron chi connectivity index (χ4n) is 0.697. The number of aromatic nitrogens is 1. The van der Waals surface area contributed by atoms with Crippen LogP contribution in [0.3, 0.4) is 0 Å². The van der Waals surface area contributed by atoms with E-state index in [0.717, 1.165) is 5.52 Å². The monoisotopic (exact) mass is 117 g/mol. The molecule has 0 amide bonds. The van der Waals surface area contributed by atoms with Crippen LogP contribution in [0.15, 0.2) is 22.9 Å². The molecule has 0 unspecified atom stereocenters. The predicted octanol–water partition coefficient (Wildman–Crippen LogP) is 1.43. The smallest absolute Gasteiger partial charge is 0.202 e. The summed E-state index contributed by atoms with van der Waals surface area (Å²) in [5.74, 6) is 0. The van der Waals surface area contributed by atoms with Gasteiger partial charge in [0.1, 0.15) is 5.52 Å². The first-order chi connectivity index (χ1) is 4.47. The Labute approximate surface area is 52.1 Å². The highest BCUT2D eigenvalue weighted by Gasteiger charge is 1.90. The van der Waals surface area contributed by atoms with Gasteiger partial charge >= 0.3 is 0 Å². The average molecular weight is 117 g/mol. The number of hydrogen-bond donors (Lipinski definition) is 0. The molecule has 0 bridgehead atoms. The Morgan fingerprint density at radius 2 is 2.56 bits per heavy atom. The number of hydrogen-bond acceptors (Lipinski definition) is 2. The molecule has 2 aromatic rings. The van der Waals surface area contributed by atoms with Crippen LogP contribution >= 0.6 is 0 Å². The summed E-state index contributed by atoms with van der Waals surface area (Å²) in [6.07, 6.45) is 3.15. The van der Waals surface area contributed by atoms with Gasteiger partial charge in [-0.15, -0.1) is 0 Å².